The summed E-state index contributed by atoms with van der Waals surface area (Å²) in [5.74, 6) is 2.86. The van der Waals surface area contributed by atoms with Crippen molar-refractivity contribution in [1.82, 2.24) is 0 Å². The van der Waals surface area contributed by atoms with Gasteiger partial charge in [-0.1, -0.05) is 33.6 Å². The van der Waals surface area contributed by atoms with E-state index >= 15 is 0 Å². The summed E-state index contributed by atoms with van der Waals surface area (Å²) < 4.78 is 5.82. The molecule has 4 rings (SSSR count). The van der Waals surface area contributed by atoms with Gasteiger partial charge in [0.2, 0.25) is 0 Å². The molecule has 164 valence electrons. The first-order valence-corrected chi connectivity index (χ1v) is 12.1. The molecule has 0 unspecified atom stereocenters. The molecule has 0 heterocycles. The number of ether oxygens (including phenoxy) is 1. The zero-order valence-corrected chi connectivity index (χ0v) is 18.6. The second kappa shape index (κ2) is 7.89. The van der Waals surface area contributed by atoms with Crippen LogP contribution in [0.1, 0.15) is 91.4 Å². The Bertz CT molecular complexity index is 632. The van der Waals surface area contributed by atoms with Crippen molar-refractivity contribution >= 4 is 12.4 Å². The number of carbonyl (C=O) groups excluding carboxylic acids is 1. The fraction of sp³-hybridized carbons (Fsp3) is 0.920. The van der Waals surface area contributed by atoms with E-state index in [4.69, 9.17) is 9.84 Å². The van der Waals surface area contributed by atoms with Crippen molar-refractivity contribution in [2.24, 2.45) is 46.3 Å². The molecule has 0 aromatic carbocycles. The molecule has 0 saturated heterocycles. The van der Waals surface area contributed by atoms with Crippen molar-refractivity contribution in [2.75, 3.05) is 0 Å². The summed E-state index contributed by atoms with van der Waals surface area (Å²) in [5.41, 5.74) is 0.682. The standard InChI is InChI=1S/C25H40O4/c1-16(7-10-22(27)28)18-8-9-19-23-20(11-13-25(18,19)3)24(2)12-5-4-6-17(24)14-21(23)29-15-26/h15-21,23H,4-14H2,1-3H3,(H,27,28)/t16-,17+,18-,19+,20+,21-,23+,24+,25-/m1/s1. The minimum absolute atomic E-state index is 0.0892. The molecule has 1 N–H and O–H groups in total. The second-order valence-corrected chi connectivity index (χ2v) is 11.4. The monoisotopic (exact) mass is 404 g/mol. The van der Waals surface area contributed by atoms with Crippen LogP contribution in [0.3, 0.4) is 0 Å². The van der Waals surface area contributed by atoms with Crippen LogP contribution in [0, 0.1) is 46.3 Å². The maximum absolute atomic E-state index is 11.4. The van der Waals surface area contributed by atoms with Gasteiger partial charge in [0, 0.05) is 12.3 Å². The van der Waals surface area contributed by atoms with Crippen LogP contribution in [-0.2, 0) is 14.3 Å². The number of hydrogen-bond acceptors (Lipinski definition) is 3. The van der Waals surface area contributed by atoms with E-state index in [0.29, 0.717) is 47.4 Å². The van der Waals surface area contributed by atoms with E-state index in [2.05, 4.69) is 20.8 Å². The number of carboxylic acid groups (broad SMARTS) is 1. The highest BCUT2D eigenvalue weighted by molar-refractivity contribution is 5.66. The quantitative estimate of drug-likeness (QED) is 0.578. The average Bonchev–Trinajstić information content (AvgIpc) is 3.03. The van der Waals surface area contributed by atoms with Crippen LogP contribution in [0.5, 0.6) is 0 Å². The third kappa shape index (κ3) is 3.43. The molecule has 4 aliphatic rings. The van der Waals surface area contributed by atoms with Gasteiger partial charge in [-0.3, -0.25) is 9.59 Å². The third-order valence-corrected chi connectivity index (χ3v) is 10.4. The molecule has 29 heavy (non-hydrogen) atoms. The average molecular weight is 405 g/mol. The molecule has 4 heteroatoms. The Morgan fingerprint density at radius 2 is 1.86 bits per heavy atom. The first-order chi connectivity index (χ1) is 13.8. The van der Waals surface area contributed by atoms with Crippen LogP contribution in [0.4, 0.5) is 0 Å². The summed E-state index contributed by atoms with van der Waals surface area (Å²) in [4.78, 5) is 22.5. The number of fused-ring (bicyclic) bond motifs is 5. The van der Waals surface area contributed by atoms with E-state index in [1.807, 2.05) is 0 Å². The fourth-order valence-corrected chi connectivity index (χ4v) is 8.97. The Kier molecular flexibility index (Phi) is 5.76. The summed E-state index contributed by atoms with van der Waals surface area (Å²) in [5, 5.41) is 9.14. The first-order valence-electron chi connectivity index (χ1n) is 12.1. The van der Waals surface area contributed by atoms with Crippen molar-refractivity contribution in [2.45, 2.75) is 97.5 Å². The van der Waals surface area contributed by atoms with E-state index in [1.165, 1.54) is 51.4 Å². The lowest BCUT2D eigenvalue weighted by molar-refractivity contribution is -0.181. The Hall–Kier alpha value is -1.06. The maximum Gasteiger partial charge on any atom is 0.303 e. The lowest BCUT2D eigenvalue weighted by atomic mass is 9.44. The van der Waals surface area contributed by atoms with Gasteiger partial charge in [0.15, 0.2) is 0 Å². The van der Waals surface area contributed by atoms with Gasteiger partial charge in [0.25, 0.3) is 6.47 Å². The Morgan fingerprint density at radius 3 is 2.59 bits per heavy atom. The highest BCUT2D eigenvalue weighted by Gasteiger charge is 2.63. The van der Waals surface area contributed by atoms with E-state index in [9.17, 15) is 9.59 Å². The van der Waals surface area contributed by atoms with Crippen LogP contribution in [0.2, 0.25) is 0 Å². The fourth-order valence-electron chi connectivity index (χ4n) is 8.97. The lowest BCUT2D eigenvalue weighted by Crippen LogP contribution is -2.58. The van der Waals surface area contributed by atoms with Gasteiger partial charge >= 0.3 is 5.97 Å². The van der Waals surface area contributed by atoms with Gasteiger partial charge < -0.3 is 9.84 Å². The molecule has 0 radical (unpaired) electrons. The van der Waals surface area contributed by atoms with Crippen molar-refractivity contribution in [3.63, 3.8) is 0 Å². The number of aliphatic carboxylic acids is 1. The SMILES string of the molecule is C[C@H](CCC(=O)O)[C@H]1CC[C@H]2[C@@H]3[C@H](OC=O)C[C@@H]4CCCC[C@]4(C)[C@H]3CC[C@]12C. The molecule has 0 amide bonds. The molecule has 0 bridgehead atoms. The zero-order chi connectivity index (χ0) is 20.8. The first kappa shape index (κ1) is 21.2. The topological polar surface area (TPSA) is 63.6 Å². The molecule has 0 spiro atoms. The zero-order valence-electron chi connectivity index (χ0n) is 18.6. The number of carboxylic acids is 1. The molecule has 0 aromatic rings. The summed E-state index contributed by atoms with van der Waals surface area (Å²) in [6.07, 6.45) is 12.5. The van der Waals surface area contributed by atoms with Gasteiger partial charge in [0.1, 0.15) is 6.10 Å². The van der Waals surface area contributed by atoms with E-state index in [1.54, 1.807) is 0 Å². The molecule has 4 fully saturated rings. The van der Waals surface area contributed by atoms with Crippen LogP contribution in [0.15, 0.2) is 0 Å². The van der Waals surface area contributed by atoms with Crippen molar-refractivity contribution < 1.29 is 19.4 Å². The van der Waals surface area contributed by atoms with E-state index in [0.717, 1.165) is 12.8 Å². The van der Waals surface area contributed by atoms with Crippen molar-refractivity contribution in [3.8, 4) is 0 Å². The molecule has 0 aliphatic heterocycles. The van der Waals surface area contributed by atoms with E-state index in [-0.39, 0.29) is 17.9 Å². The highest BCUT2D eigenvalue weighted by Crippen LogP contribution is 2.68. The van der Waals surface area contributed by atoms with E-state index < -0.39 is 5.97 Å². The third-order valence-electron chi connectivity index (χ3n) is 10.4. The lowest BCUT2D eigenvalue weighted by Gasteiger charge is -2.62. The molecule has 0 aromatic heterocycles. The van der Waals surface area contributed by atoms with Crippen molar-refractivity contribution in [1.29, 1.82) is 0 Å². The second-order valence-electron chi connectivity index (χ2n) is 11.4. The minimum Gasteiger partial charge on any atom is -0.481 e. The van der Waals surface area contributed by atoms with Gasteiger partial charge in [-0.2, -0.15) is 0 Å². The van der Waals surface area contributed by atoms with Crippen LogP contribution >= 0.6 is 0 Å². The molecule has 4 aliphatic carbocycles. The van der Waals surface area contributed by atoms with Gasteiger partial charge in [0.05, 0.1) is 0 Å². The minimum atomic E-state index is -0.678. The Labute approximate surface area is 176 Å². The highest BCUT2D eigenvalue weighted by atomic mass is 16.5. The smallest absolute Gasteiger partial charge is 0.303 e. The van der Waals surface area contributed by atoms with Gasteiger partial charge in [-0.05, 0) is 91.8 Å². The molecule has 9 atom stereocenters. The summed E-state index contributed by atoms with van der Waals surface area (Å²) >= 11 is 0. The van der Waals surface area contributed by atoms with Crippen LogP contribution in [-0.4, -0.2) is 23.7 Å². The Morgan fingerprint density at radius 1 is 1.10 bits per heavy atom. The summed E-state index contributed by atoms with van der Waals surface area (Å²) in [6.45, 7) is 8.01. The normalized spacial score (nSPS) is 47.4. The molecular weight excluding hydrogens is 364 g/mol. The largest absolute Gasteiger partial charge is 0.481 e. The van der Waals surface area contributed by atoms with Gasteiger partial charge in [-0.15, -0.1) is 0 Å². The maximum atomic E-state index is 11.4. The summed E-state index contributed by atoms with van der Waals surface area (Å²) in [6, 6.07) is 0. The van der Waals surface area contributed by atoms with Crippen LogP contribution in [0.25, 0.3) is 0 Å². The van der Waals surface area contributed by atoms with Crippen LogP contribution < -0.4 is 0 Å². The Balaban J connectivity index is 1.60. The molecular formula is C25H40O4. The number of rotatable bonds is 6. The number of hydrogen-bond donors (Lipinski definition) is 1. The van der Waals surface area contributed by atoms with Gasteiger partial charge in [-0.25, -0.2) is 0 Å². The van der Waals surface area contributed by atoms with Crippen molar-refractivity contribution in [3.05, 3.63) is 0 Å². The summed E-state index contributed by atoms with van der Waals surface area (Å²) in [7, 11) is 0. The molecule has 4 nitrogen and oxygen atoms in total. The predicted octanol–water partition coefficient (Wildman–Crippen LogP) is 5.69. The molecule has 4 saturated carbocycles. The number of carbonyl (C=O) groups is 2. The predicted molar refractivity (Wildman–Crippen MR) is 112 cm³/mol.